The predicted octanol–water partition coefficient (Wildman–Crippen LogP) is 0.127. The molecule has 100 valence electrons. The Kier molecular flexibility index (Phi) is 4.42. The lowest BCUT2D eigenvalue weighted by atomic mass is 9.98. The van der Waals surface area contributed by atoms with E-state index in [4.69, 9.17) is 0 Å². The summed E-state index contributed by atoms with van der Waals surface area (Å²) in [6.07, 6.45) is 3.61. The molecule has 0 radical (unpaired) electrons. The summed E-state index contributed by atoms with van der Waals surface area (Å²) >= 11 is 0. The van der Waals surface area contributed by atoms with Gasteiger partial charge in [-0.2, -0.15) is 0 Å². The maximum atomic E-state index is 9.54. The van der Waals surface area contributed by atoms with Crippen molar-refractivity contribution in [3.63, 3.8) is 0 Å². The molecule has 0 aromatic carbocycles. The number of aliphatic hydroxyl groups is 1. The molecule has 0 spiro atoms. The molecule has 0 aromatic rings. The van der Waals surface area contributed by atoms with Gasteiger partial charge in [-0.15, -0.1) is 0 Å². The summed E-state index contributed by atoms with van der Waals surface area (Å²) in [6.45, 7) is 8.18. The minimum absolute atomic E-state index is 0.0789. The van der Waals surface area contributed by atoms with Crippen molar-refractivity contribution in [1.29, 1.82) is 0 Å². The Labute approximate surface area is 105 Å². The Balaban J connectivity index is 1.71. The van der Waals surface area contributed by atoms with Crippen LogP contribution < -0.4 is 5.32 Å². The number of likely N-dealkylation sites (N-methyl/N-ethyl adjacent to an activating group) is 1. The monoisotopic (exact) mass is 241 g/mol. The lowest BCUT2D eigenvalue weighted by Gasteiger charge is -2.36. The largest absolute Gasteiger partial charge is 0.394 e. The van der Waals surface area contributed by atoms with Crippen LogP contribution in [-0.2, 0) is 0 Å². The number of hydrogen-bond donors (Lipinski definition) is 2. The molecule has 0 bridgehead atoms. The molecule has 0 amide bonds. The SMILES string of the molecule is CN1CCN(CCC(C)(CO)NC2CC2)CC1. The van der Waals surface area contributed by atoms with Crippen molar-refractivity contribution in [2.24, 2.45) is 0 Å². The summed E-state index contributed by atoms with van der Waals surface area (Å²) in [5.41, 5.74) is -0.0789. The van der Waals surface area contributed by atoms with Crippen LogP contribution in [0.4, 0.5) is 0 Å². The average Bonchev–Trinajstić information content (AvgIpc) is 3.12. The Bertz CT molecular complexity index is 237. The van der Waals surface area contributed by atoms with Crippen molar-refractivity contribution in [3.05, 3.63) is 0 Å². The zero-order chi connectivity index (χ0) is 12.3. The fourth-order valence-corrected chi connectivity index (χ4v) is 2.39. The lowest BCUT2D eigenvalue weighted by Crippen LogP contribution is -2.51. The van der Waals surface area contributed by atoms with Gasteiger partial charge in [0.2, 0.25) is 0 Å². The van der Waals surface area contributed by atoms with Gasteiger partial charge in [0.05, 0.1) is 6.61 Å². The maximum absolute atomic E-state index is 9.54. The number of aliphatic hydroxyl groups excluding tert-OH is 1. The zero-order valence-corrected chi connectivity index (χ0v) is 11.3. The van der Waals surface area contributed by atoms with Gasteiger partial charge in [0.1, 0.15) is 0 Å². The van der Waals surface area contributed by atoms with E-state index in [0.29, 0.717) is 6.04 Å². The summed E-state index contributed by atoms with van der Waals surface area (Å²) in [7, 11) is 2.18. The van der Waals surface area contributed by atoms with Crippen molar-refractivity contribution in [2.75, 3.05) is 46.4 Å². The van der Waals surface area contributed by atoms with Gasteiger partial charge in [-0.3, -0.25) is 0 Å². The van der Waals surface area contributed by atoms with E-state index in [-0.39, 0.29) is 12.1 Å². The van der Waals surface area contributed by atoms with Crippen molar-refractivity contribution in [2.45, 2.75) is 37.8 Å². The quantitative estimate of drug-likeness (QED) is 0.693. The molecule has 2 aliphatic rings. The number of piperazine rings is 1. The van der Waals surface area contributed by atoms with Crippen LogP contribution in [0, 0.1) is 0 Å². The second-order valence-corrected chi connectivity index (χ2v) is 6.03. The molecule has 17 heavy (non-hydrogen) atoms. The molecular formula is C13H27N3O. The van der Waals surface area contributed by atoms with Crippen LogP contribution in [0.2, 0.25) is 0 Å². The Morgan fingerprint density at radius 3 is 2.41 bits per heavy atom. The number of rotatable bonds is 6. The first-order chi connectivity index (χ1) is 8.11. The molecule has 4 heteroatoms. The van der Waals surface area contributed by atoms with Crippen molar-refractivity contribution in [3.8, 4) is 0 Å². The van der Waals surface area contributed by atoms with Crippen LogP contribution in [0.15, 0.2) is 0 Å². The van der Waals surface area contributed by atoms with Gasteiger partial charge in [0.15, 0.2) is 0 Å². The van der Waals surface area contributed by atoms with E-state index in [1.165, 1.54) is 39.0 Å². The number of nitrogens with zero attached hydrogens (tertiary/aromatic N) is 2. The highest BCUT2D eigenvalue weighted by molar-refractivity contribution is 4.93. The Morgan fingerprint density at radius 2 is 1.88 bits per heavy atom. The number of nitrogens with one attached hydrogen (secondary N) is 1. The maximum Gasteiger partial charge on any atom is 0.0611 e. The molecule has 1 saturated heterocycles. The molecule has 1 aliphatic heterocycles. The summed E-state index contributed by atoms with van der Waals surface area (Å²) in [5, 5.41) is 13.1. The van der Waals surface area contributed by atoms with Gasteiger partial charge < -0.3 is 20.2 Å². The van der Waals surface area contributed by atoms with Gasteiger partial charge >= 0.3 is 0 Å². The molecule has 1 unspecified atom stereocenters. The van der Waals surface area contributed by atoms with E-state index < -0.39 is 0 Å². The summed E-state index contributed by atoms with van der Waals surface area (Å²) in [6, 6.07) is 0.666. The first kappa shape index (κ1) is 13.3. The molecule has 1 heterocycles. The molecule has 2 fully saturated rings. The highest BCUT2D eigenvalue weighted by Crippen LogP contribution is 2.24. The van der Waals surface area contributed by atoms with Gasteiger partial charge in [0, 0.05) is 44.3 Å². The van der Waals surface area contributed by atoms with Crippen LogP contribution in [0.25, 0.3) is 0 Å². The zero-order valence-electron chi connectivity index (χ0n) is 11.3. The standard InChI is InChI=1S/C13H27N3O/c1-13(11-17,14-12-3-4-12)5-6-16-9-7-15(2)8-10-16/h12,14,17H,3-11H2,1-2H3. The summed E-state index contributed by atoms with van der Waals surface area (Å²) in [4.78, 5) is 4.90. The van der Waals surface area contributed by atoms with E-state index in [1.807, 2.05) is 0 Å². The third kappa shape index (κ3) is 4.21. The molecule has 4 nitrogen and oxygen atoms in total. The number of hydrogen-bond acceptors (Lipinski definition) is 4. The third-order valence-electron chi connectivity index (χ3n) is 4.05. The molecule has 2 rings (SSSR count). The normalized spacial score (nSPS) is 27.0. The smallest absolute Gasteiger partial charge is 0.0611 e. The van der Waals surface area contributed by atoms with E-state index in [1.54, 1.807) is 0 Å². The van der Waals surface area contributed by atoms with Crippen molar-refractivity contribution >= 4 is 0 Å². The van der Waals surface area contributed by atoms with E-state index >= 15 is 0 Å². The molecular weight excluding hydrogens is 214 g/mol. The first-order valence-electron chi connectivity index (χ1n) is 6.91. The highest BCUT2D eigenvalue weighted by atomic mass is 16.3. The second-order valence-electron chi connectivity index (χ2n) is 6.03. The fraction of sp³-hybridized carbons (Fsp3) is 1.00. The van der Waals surface area contributed by atoms with Crippen LogP contribution in [0.5, 0.6) is 0 Å². The molecule has 1 aliphatic carbocycles. The summed E-state index contributed by atoms with van der Waals surface area (Å²) in [5.74, 6) is 0. The van der Waals surface area contributed by atoms with Crippen LogP contribution in [0.1, 0.15) is 26.2 Å². The van der Waals surface area contributed by atoms with Gasteiger partial charge in [-0.1, -0.05) is 0 Å². The van der Waals surface area contributed by atoms with E-state index in [0.717, 1.165) is 13.0 Å². The van der Waals surface area contributed by atoms with Crippen LogP contribution in [0.3, 0.4) is 0 Å². The Morgan fingerprint density at radius 1 is 1.24 bits per heavy atom. The Hall–Kier alpha value is -0.160. The second kappa shape index (κ2) is 5.65. The lowest BCUT2D eigenvalue weighted by molar-refractivity contribution is 0.116. The molecule has 0 aromatic heterocycles. The van der Waals surface area contributed by atoms with Crippen molar-refractivity contribution < 1.29 is 5.11 Å². The third-order valence-corrected chi connectivity index (χ3v) is 4.05. The molecule has 1 saturated carbocycles. The minimum Gasteiger partial charge on any atom is -0.394 e. The predicted molar refractivity (Wildman–Crippen MR) is 70.2 cm³/mol. The van der Waals surface area contributed by atoms with E-state index in [2.05, 4.69) is 29.1 Å². The molecule has 2 N–H and O–H groups in total. The van der Waals surface area contributed by atoms with Gasteiger partial charge in [-0.25, -0.2) is 0 Å². The minimum atomic E-state index is -0.0789. The van der Waals surface area contributed by atoms with Crippen LogP contribution in [-0.4, -0.2) is 72.9 Å². The average molecular weight is 241 g/mol. The molecule has 1 atom stereocenters. The van der Waals surface area contributed by atoms with Gasteiger partial charge in [0.25, 0.3) is 0 Å². The fourth-order valence-electron chi connectivity index (χ4n) is 2.39. The highest BCUT2D eigenvalue weighted by Gasteiger charge is 2.32. The van der Waals surface area contributed by atoms with Gasteiger partial charge in [-0.05, 0) is 33.2 Å². The topological polar surface area (TPSA) is 38.7 Å². The first-order valence-corrected chi connectivity index (χ1v) is 6.91. The van der Waals surface area contributed by atoms with Crippen molar-refractivity contribution in [1.82, 2.24) is 15.1 Å². The van der Waals surface area contributed by atoms with E-state index in [9.17, 15) is 5.11 Å². The van der Waals surface area contributed by atoms with Crippen LogP contribution >= 0.6 is 0 Å². The summed E-state index contributed by atoms with van der Waals surface area (Å²) < 4.78 is 0.